The fourth-order valence-corrected chi connectivity index (χ4v) is 2.98. The third kappa shape index (κ3) is 7.42. The predicted octanol–water partition coefficient (Wildman–Crippen LogP) is 2.08. The van der Waals surface area contributed by atoms with Crippen molar-refractivity contribution in [3.05, 3.63) is 23.9 Å². The molecule has 1 N–H and O–H groups in total. The number of esters is 1. The van der Waals surface area contributed by atoms with Crippen LogP contribution in [0.2, 0.25) is 0 Å². The molecule has 28 heavy (non-hydrogen) atoms. The van der Waals surface area contributed by atoms with Gasteiger partial charge in [-0.05, 0) is 25.8 Å². The summed E-state index contributed by atoms with van der Waals surface area (Å²) in [5.41, 5.74) is 0.924. The molecule has 2 heterocycles. The number of carbonyl (C=O) groups is 1. The van der Waals surface area contributed by atoms with Gasteiger partial charge in [0.15, 0.2) is 5.96 Å². The van der Waals surface area contributed by atoms with Crippen molar-refractivity contribution in [1.29, 1.82) is 0 Å². The monoisotopic (exact) mass is 506 g/mol. The SMILES string of the molecule is CCNC(=NCc1cccnc1OCCOC)N1CCC(C(=O)OC)CC1.I. The molecule has 0 aromatic carbocycles. The lowest BCUT2D eigenvalue weighted by molar-refractivity contribution is -0.146. The zero-order valence-corrected chi connectivity index (χ0v) is 19.2. The summed E-state index contributed by atoms with van der Waals surface area (Å²) < 4.78 is 15.6. The first kappa shape index (κ1) is 24.4. The fraction of sp³-hybridized carbons (Fsp3) is 0.632. The Morgan fingerprint density at radius 2 is 2.07 bits per heavy atom. The number of ether oxygens (including phenoxy) is 3. The second kappa shape index (κ2) is 13.5. The number of aromatic nitrogens is 1. The molecule has 1 aromatic rings. The van der Waals surface area contributed by atoms with Crippen LogP contribution in [0.4, 0.5) is 0 Å². The van der Waals surface area contributed by atoms with Crippen LogP contribution < -0.4 is 10.1 Å². The first-order valence-corrected chi connectivity index (χ1v) is 9.36. The second-order valence-electron chi connectivity index (χ2n) is 6.26. The molecule has 1 aromatic heterocycles. The van der Waals surface area contributed by atoms with Gasteiger partial charge in [-0.15, -0.1) is 24.0 Å². The first-order chi connectivity index (χ1) is 13.2. The maximum atomic E-state index is 11.7. The van der Waals surface area contributed by atoms with E-state index in [1.165, 1.54) is 7.11 Å². The van der Waals surface area contributed by atoms with Crippen LogP contribution in [0.25, 0.3) is 0 Å². The van der Waals surface area contributed by atoms with E-state index in [1.807, 2.05) is 19.1 Å². The van der Waals surface area contributed by atoms with Crippen molar-refractivity contribution >= 4 is 35.9 Å². The van der Waals surface area contributed by atoms with Crippen LogP contribution in [0.1, 0.15) is 25.3 Å². The highest BCUT2D eigenvalue weighted by atomic mass is 127. The highest BCUT2D eigenvalue weighted by molar-refractivity contribution is 14.0. The molecule has 1 saturated heterocycles. The summed E-state index contributed by atoms with van der Waals surface area (Å²) in [5, 5.41) is 3.33. The van der Waals surface area contributed by atoms with Gasteiger partial charge < -0.3 is 24.4 Å². The number of aliphatic imine (C=N–C) groups is 1. The highest BCUT2D eigenvalue weighted by Crippen LogP contribution is 2.19. The molecule has 1 fully saturated rings. The average Bonchev–Trinajstić information content (AvgIpc) is 2.71. The number of methoxy groups -OCH3 is 2. The van der Waals surface area contributed by atoms with Gasteiger partial charge in [0.2, 0.25) is 5.88 Å². The van der Waals surface area contributed by atoms with Crippen LogP contribution >= 0.6 is 24.0 Å². The largest absolute Gasteiger partial charge is 0.475 e. The summed E-state index contributed by atoms with van der Waals surface area (Å²) in [6, 6.07) is 3.84. The van der Waals surface area contributed by atoms with E-state index in [2.05, 4.69) is 15.2 Å². The average molecular weight is 506 g/mol. The number of halogens is 1. The number of piperidine rings is 1. The van der Waals surface area contributed by atoms with Gasteiger partial charge >= 0.3 is 5.97 Å². The van der Waals surface area contributed by atoms with Crippen LogP contribution in [-0.4, -0.2) is 68.9 Å². The van der Waals surface area contributed by atoms with Crippen molar-refractivity contribution in [2.75, 3.05) is 47.1 Å². The van der Waals surface area contributed by atoms with Gasteiger partial charge in [-0.3, -0.25) is 4.79 Å². The predicted molar refractivity (Wildman–Crippen MR) is 118 cm³/mol. The Morgan fingerprint density at radius 1 is 1.32 bits per heavy atom. The van der Waals surface area contributed by atoms with Gasteiger partial charge in [0.05, 0.1) is 26.2 Å². The molecule has 0 unspecified atom stereocenters. The van der Waals surface area contributed by atoms with E-state index < -0.39 is 0 Å². The van der Waals surface area contributed by atoms with E-state index in [1.54, 1.807) is 13.3 Å². The maximum absolute atomic E-state index is 11.7. The van der Waals surface area contributed by atoms with Gasteiger partial charge in [0.1, 0.15) is 6.61 Å². The van der Waals surface area contributed by atoms with Gasteiger partial charge in [-0.2, -0.15) is 0 Å². The minimum absolute atomic E-state index is 0. The fourth-order valence-electron chi connectivity index (χ4n) is 2.98. The Hall–Kier alpha value is -1.62. The summed E-state index contributed by atoms with van der Waals surface area (Å²) in [4.78, 5) is 22.9. The number of carbonyl (C=O) groups excluding carboxylic acids is 1. The number of likely N-dealkylation sites (tertiary alicyclic amines) is 1. The standard InChI is InChI=1S/C19H30N4O4.HI/c1-4-20-19(23-10-7-15(8-11-23)18(24)26-3)22-14-16-6-5-9-21-17(16)27-13-12-25-2;/h5-6,9,15H,4,7-8,10-14H2,1-3H3,(H,20,22);1H. The number of pyridine rings is 1. The Morgan fingerprint density at radius 3 is 2.71 bits per heavy atom. The lowest BCUT2D eigenvalue weighted by Gasteiger charge is -2.33. The van der Waals surface area contributed by atoms with E-state index in [-0.39, 0.29) is 35.9 Å². The quantitative estimate of drug-likeness (QED) is 0.190. The van der Waals surface area contributed by atoms with Crippen LogP contribution in [0.3, 0.4) is 0 Å². The van der Waals surface area contributed by atoms with Gasteiger partial charge in [0, 0.05) is 38.5 Å². The molecule has 0 bridgehead atoms. The minimum Gasteiger partial charge on any atom is -0.475 e. The lowest BCUT2D eigenvalue weighted by Crippen LogP contribution is -2.46. The molecule has 1 aliphatic heterocycles. The van der Waals surface area contributed by atoms with Gasteiger partial charge in [-0.25, -0.2) is 9.98 Å². The molecule has 2 rings (SSSR count). The lowest BCUT2D eigenvalue weighted by atomic mass is 9.97. The van der Waals surface area contributed by atoms with Crippen LogP contribution in [0, 0.1) is 5.92 Å². The highest BCUT2D eigenvalue weighted by Gasteiger charge is 2.27. The van der Waals surface area contributed by atoms with Gasteiger partial charge in [0.25, 0.3) is 0 Å². The zero-order chi connectivity index (χ0) is 19.5. The molecule has 1 aliphatic rings. The first-order valence-electron chi connectivity index (χ1n) is 9.36. The Labute approximate surface area is 184 Å². The molecule has 0 spiro atoms. The molecule has 0 aliphatic carbocycles. The number of guanidine groups is 1. The Balaban J connectivity index is 0.00000392. The third-order valence-electron chi connectivity index (χ3n) is 4.44. The van der Waals surface area contributed by atoms with Crippen LogP contribution in [0.5, 0.6) is 5.88 Å². The summed E-state index contributed by atoms with van der Waals surface area (Å²) >= 11 is 0. The van der Waals surface area contributed by atoms with Crippen molar-refractivity contribution in [2.24, 2.45) is 10.9 Å². The summed E-state index contributed by atoms with van der Waals surface area (Å²) in [7, 11) is 3.08. The molecule has 0 atom stereocenters. The molecule has 8 nitrogen and oxygen atoms in total. The maximum Gasteiger partial charge on any atom is 0.308 e. The number of hydrogen-bond donors (Lipinski definition) is 1. The number of hydrogen-bond acceptors (Lipinski definition) is 6. The van der Waals surface area contributed by atoms with E-state index in [4.69, 9.17) is 19.2 Å². The zero-order valence-electron chi connectivity index (χ0n) is 16.8. The van der Waals surface area contributed by atoms with Crippen molar-refractivity contribution < 1.29 is 19.0 Å². The smallest absolute Gasteiger partial charge is 0.308 e. The van der Waals surface area contributed by atoms with E-state index in [0.29, 0.717) is 25.6 Å². The van der Waals surface area contributed by atoms with Crippen molar-refractivity contribution in [1.82, 2.24) is 15.2 Å². The molecule has 0 radical (unpaired) electrons. The Kier molecular flexibility index (Phi) is 11.8. The van der Waals surface area contributed by atoms with Crippen molar-refractivity contribution in [3.8, 4) is 5.88 Å². The Bertz CT molecular complexity index is 622. The van der Waals surface area contributed by atoms with E-state index in [0.717, 1.165) is 44.0 Å². The van der Waals surface area contributed by atoms with Crippen LogP contribution in [-0.2, 0) is 20.8 Å². The molecular weight excluding hydrogens is 475 g/mol. The van der Waals surface area contributed by atoms with Crippen molar-refractivity contribution in [3.63, 3.8) is 0 Å². The summed E-state index contributed by atoms with van der Waals surface area (Å²) in [6.07, 6.45) is 3.25. The molecule has 0 saturated carbocycles. The minimum atomic E-state index is -0.121. The van der Waals surface area contributed by atoms with Gasteiger partial charge in [-0.1, -0.05) is 6.07 Å². The summed E-state index contributed by atoms with van der Waals surface area (Å²) in [5.74, 6) is 1.28. The van der Waals surface area contributed by atoms with E-state index in [9.17, 15) is 4.79 Å². The normalized spacial score (nSPS) is 15.0. The molecular formula is C19H31IN4O4. The number of nitrogens with zero attached hydrogens (tertiary/aromatic N) is 3. The van der Waals surface area contributed by atoms with Crippen LogP contribution in [0.15, 0.2) is 23.3 Å². The molecule has 158 valence electrons. The topological polar surface area (TPSA) is 85.3 Å². The second-order valence-corrected chi connectivity index (χ2v) is 6.26. The number of rotatable bonds is 8. The van der Waals surface area contributed by atoms with Crippen molar-refractivity contribution in [2.45, 2.75) is 26.3 Å². The third-order valence-corrected chi connectivity index (χ3v) is 4.44. The van der Waals surface area contributed by atoms with E-state index >= 15 is 0 Å². The summed E-state index contributed by atoms with van der Waals surface area (Å²) in [6.45, 7) is 5.80. The molecule has 9 heteroatoms. The number of nitrogens with one attached hydrogen (secondary N) is 1. The molecule has 0 amide bonds.